The minimum atomic E-state index is -0.301. The number of carbonyl (C=O) groups is 2. The van der Waals surface area contributed by atoms with Crippen molar-refractivity contribution in [3.63, 3.8) is 0 Å². The first-order chi connectivity index (χ1) is 13.4. The zero-order valence-corrected chi connectivity index (χ0v) is 16.0. The van der Waals surface area contributed by atoms with E-state index in [2.05, 4.69) is 33.9 Å². The maximum Gasteiger partial charge on any atom is 0.274 e. The predicted octanol–water partition coefficient (Wildman–Crippen LogP) is 4.65. The van der Waals surface area contributed by atoms with Crippen LogP contribution in [0.15, 0.2) is 60.8 Å². The quantitative estimate of drug-likeness (QED) is 0.607. The van der Waals surface area contributed by atoms with Crippen LogP contribution in [0.4, 0.5) is 22.7 Å². The van der Waals surface area contributed by atoms with Gasteiger partial charge in [0.2, 0.25) is 5.91 Å². The van der Waals surface area contributed by atoms with Crippen molar-refractivity contribution in [1.29, 1.82) is 0 Å². The van der Waals surface area contributed by atoms with Crippen molar-refractivity contribution in [1.82, 2.24) is 4.98 Å². The van der Waals surface area contributed by atoms with Crippen LogP contribution in [0.5, 0.6) is 0 Å². The monoisotopic (exact) mass is 374 g/mol. The van der Waals surface area contributed by atoms with Crippen molar-refractivity contribution in [2.24, 2.45) is 0 Å². The normalized spacial score (nSPS) is 10.2. The molecule has 0 aliphatic carbocycles. The Hall–Kier alpha value is -3.67. The first-order valence-corrected chi connectivity index (χ1v) is 8.90. The fraction of sp³-hybridized carbons (Fsp3) is 0.136. The number of benzene rings is 2. The second kappa shape index (κ2) is 8.35. The van der Waals surface area contributed by atoms with Crippen LogP contribution in [0.2, 0.25) is 0 Å². The van der Waals surface area contributed by atoms with Crippen LogP contribution in [0.25, 0.3) is 0 Å². The molecule has 0 atom stereocenters. The van der Waals surface area contributed by atoms with Crippen molar-refractivity contribution < 1.29 is 9.59 Å². The molecule has 1 heterocycles. The van der Waals surface area contributed by atoms with Crippen LogP contribution in [-0.2, 0) is 4.79 Å². The minimum Gasteiger partial charge on any atom is -0.354 e. The number of pyridine rings is 1. The Morgan fingerprint density at radius 1 is 0.821 bits per heavy atom. The summed E-state index contributed by atoms with van der Waals surface area (Å²) < 4.78 is 0. The van der Waals surface area contributed by atoms with E-state index < -0.39 is 0 Å². The molecule has 3 N–H and O–H groups in total. The van der Waals surface area contributed by atoms with Gasteiger partial charge in [-0.05, 0) is 61.9 Å². The number of aromatic nitrogens is 1. The number of hydrogen-bond acceptors (Lipinski definition) is 4. The molecule has 6 heteroatoms. The number of rotatable bonds is 5. The molecule has 2 amide bonds. The summed E-state index contributed by atoms with van der Waals surface area (Å²) in [6.07, 6.45) is 1.63. The van der Waals surface area contributed by atoms with Gasteiger partial charge in [0, 0.05) is 24.0 Å². The summed E-state index contributed by atoms with van der Waals surface area (Å²) in [5.41, 5.74) is 5.77. The molecule has 0 fully saturated rings. The largest absolute Gasteiger partial charge is 0.354 e. The number of aryl methyl sites for hydroxylation is 2. The highest BCUT2D eigenvalue weighted by molar-refractivity contribution is 6.03. The molecule has 1 aromatic heterocycles. The zero-order valence-electron chi connectivity index (χ0n) is 16.0. The van der Waals surface area contributed by atoms with Crippen molar-refractivity contribution in [2.75, 3.05) is 16.0 Å². The highest BCUT2D eigenvalue weighted by Gasteiger charge is 2.08. The molecule has 6 nitrogen and oxygen atoms in total. The second-order valence-electron chi connectivity index (χ2n) is 6.59. The van der Waals surface area contributed by atoms with Gasteiger partial charge in [-0.2, -0.15) is 0 Å². The number of hydrogen-bond donors (Lipinski definition) is 3. The smallest absolute Gasteiger partial charge is 0.274 e. The summed E-state index contributed by atoms with van der Waals surface area (Å²) in [4.78, 5) is 27.7. The van der Waals surface area contributed by atoms with Gasteiger partial charge in [0.05, 0.1) is 11.9 Å². The van der Waals surface area contributed by atoms with Crippen LogP contribution in [0, 0.1) is 13.8 Å². The molecular formula is C22H22N4O2. The number of anilines is 4. The van der Waals surface area contributed by atoms with E-state index in [0.29, 0.717) is 17.1 Å². The second-order valence-corrected chi connectivity index (χ2v) is 6.59. The molecule has 3 rings (SSSR count). The SMILES string of the molecule is CC(=O)Nc1ccc(NC(=O)c2ccc(Nc3ccc(C)cc3C)cn2)cc1. The van der Waals surface area contributed by atoms with Crippen LogP contribution in [0.1, 0.15) is 28.5 Å². The Bertz CT molecular complexity index is 996. The van der Waals surface area contributed by atoms with Crippen LogP contribution in [-0.4, -0.2) is 16.8 Å². The Morgan fingerprint density at radius 2 is 1.46 bits per heavy atom. The maximum atomic E-state index is 12.4. The van der Waals surface area contributed by atoms with Gasteiger partial charge in [0.25, 0.3) is 5.91 Å². The van der Waals surface area contributed by atoms with Gasteiger partial charge in [-0.15, -0.1) is 0 Å². The van der Waals surface area contributed by atoms with E-state index in [1.165, 1.54) is 12.5 Å². The summed E-state index contributed by atoms with van der Waals surface area (Å²) in [5.74, 6) is -0.444. The molecule has 142 valence electrons. The first kappa shape index (κ1) is 19.1. The molecule has 0 spiro atoms. The van der Waals surface area contributed by atoms with Gasteiger partial charge in [-0.1, -0.05) is 17.7 Å². The minimum absolute atomic E-state index is 0.143. The van der Waals surface area contributed by atoms with E-state index in [4.69, 9.17) is 0 Å². The molecule has 0 aliphatic heterocycles. The first-order valence-electron chi connectivity index (χ1n) is 8.90. The molecular weight excluding hydrogens is 352 g/mol. The lowest BCUT2D eigenvalue weighted by molar-refractivity contribution is -0.114. The molecule has 0 saturated heterocycles. The van der Waals surface area contributed by atoms with E-state index in [9.17, 15) is 9.59 Å². The highest BCUT2D eigenvalue weighted by atomic mass is 16.2. The fourth-order valence-electron chi connectivity index (χ4n) is 2.75. The van der Waals surface area contributed by atoms with Gasteiger partial charge in [0.1, 0.15) is 5.69 Å². The molecule has 0 bridgehead atoms. The molecule has 0 unspecified atom stereocenters. The Balaban J connectivity index is 1.64. The molecule has 2 aromatic carbocycles. The molecule has 28 heavy (non-hydrogen) atoms. The van der Waals surface area contributed by atoms with E-state index in [1.54, 1.807) is 36.5 Å². The third kappa shape index (κ3) is 4.94. The summed E-state index contributed by atoms with van der Waals surface area (Å²) >= 11 is 0. The molecule has 0 aliphatic rings. The van der Waals surface area contributed by atoms with Gasteiger partial charge in [-0.3, -0.25) is 9.59 Å². The summed E-state index contributed by atoms with van der Waals surface area (Å²) in [6.45, 7) is 5.54. The highest BCUT2D eigenvalue weighted by Crippen LogP contribution is 2.21. The Kier molecular flexibility index (Phi) is 5.69. The molecule has 3 aromatic rings. The average Bonchev–Trinajstić information content (AvgIpc) is 2.66. The number of nitrogens with one attached hydrogen (secondary N) is 3. The van der Waals surface area contributed by atoms with Gasteiger partial charge >= 0.3 is 0 Å². The van der Waals surface area contributed by atoms with Crippen LogP contribution in [0.3, 0.4) is 0 Å². The van der Waals surface area contributed by atoms with E-state index >= 15 is 0 Å². The van der Waals surface area contributed by atoms with Crippen LogP contribution < -0.4 is 16.0 Å². The van der Waals surface area contributed by atoms with E-state index in [-0.39, 0.29) is 11.8 Å². The third-order valence-corrected chi connectivity index (χ3v) is 4.12. The summed E-state index contributed by atoms with van der Waals surface area (Å²) in [6, 6.07) is 16.6. The lowest BCUT2D eigenvalue weighted by atomic mass is 10.1. The lowest BCUT2D eigenvalue weighted by Gasteiger charge is -2.11. The summed E-state index contributed by atoms with van der Waals surface area (Å²) in [7, 11) is 0. The van der Waals surface area contributed by atoms with Gasteiger partial charge in [-0.25, -0.2) is 4.98 Å². The lowest BCUT2D eigenvalue weighted by Crippen LogP contribution is -2.13. The summed E-state index contributed by atoms with van der Waals surface area (Å²) in [5, 5.41) is 8.78. The van der Waals surface area contributed by atoms with Crippen molar-refractivity contribution in [2.45, 2.75) is 20.8 Å². The topological polar surface area (TPSA) is 83.1 Å². The van der Waals surface area contributed by atoms with Gasteiger partial charge in [0.15, 0.2) is 0 Å². The maximum absolute atomic E-state index is 12.4. The molecule has 0 radical (unpaired) electrons. The predicted molar refractivity (Wildman–Crippen MR) is 112 cm³/mol. The van der Waals surface area contributed by atoms with Crippen LogP contribution >= 0.6 is 0 Å². The Morgan fingerprint density at radius 3 is 2.04 bits per heavy atom. The number of amides is 2. The molecule has 0 saturated carbocycles. The Labute approximate surface area is 164 Å². The van der Waals surface area contributed by atoms with Crippen molar-refractivity contribution in [3.05, 3.63) is 77.6 Å². The fourth-order valence-corrected chi connectivity index (χ4v) is 2.75. The zero-order chi connectivity index (χ0) is 20.1. The van der Waals surface area contributed by atoms with E-state index in [1.807, 2.05) is 25.1 Å². The van der Waals surface area contributed by atoms with Crippen molar-refractivity contribution >= 4 is 34.6 Å². The standard InChI is InChI=1S/C22H22N4O2/c1-14-4-10-20(15(2)12-14)25-19-9-11-21(23-13-19)22(28)26-18-7-5-17(6-8-18)24-16(3)27/h4-13,25H,1-3H3,(H,24,27)(H,26,28). The van der Waals surface area contributed by atoms with Crippen molar-refractivity contribution in [3.8, 4) is 0 Å². The average molecular weight is 374 g/mol. The number of carbonyl (C=O) groups excluding carboxylic acids is 2. The number of nitrogens with zero attached hydrogens (tertiary/aromatic N) is 1. The van der Waals surface area contributed by atoms with E-state index in [0.717, 1.165) is 16.9 Å². The third-order valence-electron chi connectivity index (χ3n) is 4.12. The van der Waals surface area contributed by atoms with Gasteiger partial charge < -0.3 is 16.0 Å².